The lowest BCUT2D eigenvalue weighted by atomic mass is 9.98. The highest BCUT2D eigenvalue weighted by Gasteiger charge is 2.50. The average molecular weight is 453 g/mol. The summed E-state index contributed by atoms with van der Waals surface area (Å²) in [6.07, 6.45) is -2.10. The predicted octanol–water partition coefficient (Wildman–Crippen LogP) is 2.34. The minimum atomic E-state index is -1.57. The highest BCUT2D eigenvalue weighted by Crippen LogP contribution is 2.40. The summed E-state index contributed by atoms with van der Waals surface area (Å²) in [4.78, 5) is 39.3. The molecular formula is C22H32N2O6S. The molecule has 1 heterocycles. The van der Waals surface area contributed by atoms with Crippen molar-refractivity contribution in [2.45, 2.75) is 69.6 Å². The fraction of sp³-hybridized carbons (Fsp3) is 0.591. The van der Waals surface area contributed by atoms with Crippen molar-refractivity contribution in [2.75, 3.05) is 13.0 Å². The van der Waals surface area contributed by atoms with Gasteiger partial charge in [0.2, 0.25) is 0 Å². The van der Waals surface area contributed by atoms with E-state index in [0.29, 0.717) is 0 Å². The number of amides is 2. The van der Waals surface area contributed by atoms with E-state index in [4.69, 9.17) is 9.47 Å². The number of alkyl carbamates (subject to hydrolysis) is 1. The third-order valence-electron chi connectivity index (χ3n) is 4.89. The van der Waals surface area contributed by atoms with Crippen LogP contribution < -0.4 is 5.32 Å². The number of rotatable bonds is 6. The molecule has 1 aromatic rings. The zero-order valence-electron chi connectivity index (χ0n) is 18.9. The van der Waals surface area contributed by atoms with Crippen molar-refractivity contribution in [2.24, 2.45) is 0 Å². The molecule has 0 unspecified atom stereocenters. The molecule has 2 N–H and O–H groups in total. The second kappa shape index (κ2) is 9.91. The molecule has 3 atom stereocenters. The van der Waals surface area contributed by atoms with Gasteiger partial charge in [-0.1, -0.05) is 30.3 Å². The van der Waals surface area contributed by atoms with Gasteiger partial charge in [-0.2, -0.15) is 0 Å². The molecule has 0 radical (unpaired) electrons. The molecular weight excluding hydrogens is 420 g/mol. The summed E-state index contributed by atoms with van der Waals surface area (Å²) in [5.41, 5.74) is 0.0955. The Bertz CT molecular complexity index is 793. The van der Waals surface area contributed by atoms with Crippen LogP contribution in [0.2, 0.25) is 0 Å². The molecule has 0 bridgehead atoms. The molecule has 0 spiro atoms. The number of aliphatic hydroxyl groups is 1. The van der Waals surface area contributed by atoms with Crippen LogP contribution in [-0.2, 0) is 25.5 Å². The summed E-state index contributed by atoms with van der Waals surface area (Å²) in [6, 6.07) is 7.41. The van der Waals surface area contributed by atoms with E-state index in [-0.39, 0.29) is 12.3 Å². The Balaban J connectivity index is 2.26. The Hall–Kier alpha value is -2.26. The number of carbonyl (C=O) groups excluding carboxylic acids is 3. The molecule has 1 saturated heterocycles. The lowest BCUT2D eigenvalue weighted by molar-refractivity contribution is -0.156. The van der Waals surface area contributed by atoms with E-state index in [1.54, 1.807) is 20.8 Å². The molecule has 1 aliphatic heterocycles. The first-order chi connectivity index (χ1) is 14.4. The number of aliphatic hydroxyl groups excluding tert-OH is 1. The van der Waals surface area contributed by atoms with Crippen LogP contribution in [0.25, 0.3) is 0 Å². The van der Waals surface area contributed by atoms with Gasteiger partial charge in [0, 0.05) is 4.75 Å². The van der Waals surface area contributed by atoms with Gasteiger partial charge in [0.05, 0.1) is 19.0 Å². The standard InChI is InChI=1S/C22H32N2O6S/c1-21(2,3)30-20(28)23-15(12-14-10-8-7-9-11-14)16(25)18(26)24-13-31-22(4,5)17(24)19(27)29-6/h7-11,15-17,25H,12-13H2,1-6H3,(H,23,28)/t15-,16-,17+/m0/s1. The van der Waals surface area contributed by atoms with Gasteiger partial charge in [0.1, 0.15) is 11.6 Å². The fourth-order valence-electron chi connectivity index (χ4n) is 3.39. The van der Waals surface area contributed by atoms with Crippen molar-refractivity contribution in [3.05, 3.63) is 35.9 Å². The molecule has 2 rings (SSSR count). The van der Waals surface area contributed by atoms with Crippen LogP contribution in [0.3, 0.4) is 0 Å². The second-order valence-corrected chi connectivity index (χ2v) is 10.6. The van der Waals surface area contributed by atoms with E-state index >= 15 is 0 Å². The lowest BCUT2D eigenvalue weighted by Gasteiger charge is -2.32. The van der Waals surface area contributed by atoms with E-state index < -0.39 is 46.5 Å². The maximum atomic E-state index is 13.2. The van der Waals surface area contributed by atoms with Gasteiger partial charge >= 0.3 is 12.1 Å². The van der Waals surface area contributed by atoms with E-state index in [0.717, 1.165) is 5.56 Å². The molecule has 0 aliphatic carbocycles. The zero-order chi connectivity index (χ0) is 23.4. The first kappa shape index (κ1) is 25.0. The Labute approximate surface area is 187 Å². The van der Waals surface area contributed by atoms with Crippen LogP contribution in [0.4, 0.5) is 4.79 Å². The number of methoxy groups -OCH3 is 1. The zero-order valence-corrected chi connectivity index (χ0v) is 19.7. The smallest absolute Gasteiger partial charge is 0.407 e. The quantitative estimate of drug-likeness (QED) is 0.638. The maximum Gasteiger partial charge on any atom is 0.407 e. The number of benzene rings is 1. The van der Waals surface area contributed by atoms with Crippen LogP contribution in [0, 0.1) is 0 Å². The van der Waals surface area contributed by atoms with Crippen LogP contribution in [0.5, 0.6) is 0 Å². The lowest BCUT2D eigenvalue weighted by Crippen LogP contribution is -2.57. The van der Waals surface area contributed by atoms with E-state index in [9.17, 15) is 19.5 Å². The fourth-order valence-corrected chi connectivity index (χ4v) is 4.52. The topological polar surface area (TPSA) is 105 Å². The second-order valence-electron chi connectivity index (χ2n) is 9.00. The summed E-state index contributed by atoms with van der Waals surface area (Å²) >= 11 is 1.42. The molecule has 1 fully saturated rings. The number of nitrogens with one attached hydrogen (secondary N) is 1. The number of hydrogen-bond donors (Lipinski definition) is 2. The van der Waals surface area contributed by atoms with Crippen LogP contribution >= 0.6 is 11.8 Å². The number of thioether (sulfide) groups is 1. The van der Waals surface area contributed by atoms with E-state index in [1.807, 2.05) is 44.2 Å². The van der Waals surface area contributed by atoms with Gasteiger partial charge in [-0.25, -0.2) is 9.59 Å². The molecule has 2 amide bonds. The minimum absolute atomic E-state index is 0.209. The normalized spacial score (nSPS) is 20.0. The summed E-state index contributed by atoms with van der Waals surface area (Å²) in [6.45, 7) is 8.87. The number of ether oxygens (including phenoxy) is 2. The molecule has 172 valence electrons. The van der Waals surface area contributed by atoms with Crippen molar-refractivity contribution < 1.29 is 29.0 Å². The van der Waals surface area contributed by atoms with Crippen LogP contribution in [0.15, 0.2) is 30.3 Å². The van der Waals surface area contributed by atoms with E-state index in [1.165, 1.54) is 23.8 Å². The first-order valence-electron chi connectivity index (χ1n) is 10.1. The Kier molecular flexibility index (Phi) is 7.99. The van der Waals surface area contributed by atoms with Crippen molar-refractivity contribution in [1.82, 2.24) is 10.2 Å². The van der Waals surface area contributed by atoms with Crippen LogP contribution in [0.1, 0.15) is 40.2 Å². The molecule has 0 saturated carbocycles. The van der Waals surface area contributed by atoms with Gasteiger partial charge in [-0.05, 0) is 46.6 Å². The van der Waals surface area contributed by atoms with Crippen molar-refractivity contribution in [3.8, 4) is 0 Å². The number of esters is 1. The van der Waals surface area contributed by atoms with Gasteiger partial charge in [0.25, 0.3) is 5.91 Å². The molecule has 0 aromatic heterocycles. The third-order valence-corrected chi connectivity index (χ3v) is 6.26. The van der Waals surface area contributed by atoms with Gasteiger partial charge in [-0.3, -0.25) is 4.79 Å². The average Bonchev–Trinajstić information content (AvgIpc) is 3.00. The number of nitrogens with zero attached hydrogens (tertiary/aromatic N) is 1. The maximum absolute atomic E-state index is 13.2. The Morgan fingerprint density at radius 1 is 1.26 bits per heavy atom. The largest absolute Gasteiger partial charge is 0.467 e. The summed E-state index contributed by atoms with van der Waals surface area (Å²) < 4.78 is 9.62. The Morgan fingerprint density at radius 2 is 1.87 bits per heavy atom. The summed E-state index contributed by atoms with van der Waals surface area (Å²) in [5.74, 6) is -0.964. The van der Waals surface area contributed by atoms with Crippen molar-refractivity contribution in [1.29, 1.82) is 0 Å². The van der Waals surface area contributed by atoms with Crippen molar-refractivity contribution in [3.63, 3.8) is 0 Å². The summed E-state index contributed by atoms with van der Waals surface area (Å²) in [5, 5.41) is 13.6. The molecule has 1 aliphatic rings. The Morgan fingerprint density at radius 3 is 2.42 bits per heavy atom. The third kappa shape index (κ3) is 6.61. The first-order valence-corrected chi connectivity index (χ1v) is 11.1. The molecule has 31 heavy (non-hydrogen) atoms. The van der Waals surface area contributed by atoms with Gasteiger partial charge < -0.3 is 24.8 Å². The number of hydrogen-bond acceptors (Lipinski definition) is 7. The molecule has 9 heteroatoms. The number of carbonyl (C=O) groups is 3. The minimum Gasteiger partial charge on any atom is -0.467 e. The molecule has 8 nitrogen and oxygen atoms in total. The van der Waals surface area contributed by atoms with Gasteiger partial charge in [0.15, 0.2) is 6.10 Å². The summed E-state index contributed by atoms with van der Waals surface area (Å²) in [7, 11) is 1.27. The molecule has 1 aromatic carbocycles. The highest BCUT2D eigenvalue weighted by molar-refractivity contribution is 8.00. The highest BCUT2D eigenvalue weighted by atomic mass is 32.2. The van der Waals surface area contributed by atoms with Gasteiger partial charge in [-0.15, -0.1) is 11.8 Å². The van der Waals surface area contributed by atoms with Crippen LogP contribution in [-0.4, -0.2) is 69.5 Å². The van der Waals surface area contributed by atoms with E-state index in [2.05, 4.69) is 5.32 Å². The van der Waals surface area contributed by atoms with Crippen molar-refractivity contribution >= 4 is 29.7 Å². The predicted molar refractivity (Wildman–Crippen MR) is 118 cm³/mol. The SMILES string of the molecule is COC(=O)[C@H]1N(C(=O)[C@@H](O)[C@H](Cc2ccccc2)NC(=O)OC(C)(C)C)CSC1(C)C. The monoisotopic (exact) mass is 452 g/mol.